The normalized spacial score (nSPS) is 15.7. The minimum Gasteiger partial charge on any atom is -0.493 e. The van der Waals surface area contributed by atoms with Gasteiger partial charge in [-0.1, -0.05) is 12.1 Å². The van der Waals surface area contributed by atoms with Gasteiger partial charge in [0.2, 0.25) is 11.8 Å². The highest BCUT2D eigenvalue weighted by Crippen LogP contribution is 2.29. The van der Waals surface area contributed by atoms with Gasteiger partial charge >= 0.3 is 11.9 Å². The standard InChI is InChI=1S/C21H26N6O6/c22-21-26-17-14(19(31)27-21)7-12(10-24-17)9-23-8-11-1-3-13(4-2-11)18(30)25-15(20(32)33)5-6-16(28)29/h1-4,12,15,23H,5-10H2,(H,25,30)(H,28,29)(H,32,33)(H4,22,24,26,27,31)/t12?,15-/m0/s1. The Kier molecular flexibility index (Phi) is 7.61. The zero-order valence-electron chi connectivity index (χ0n) is 17.7. The number of aromatic hydroxyl groups is 1. The number of nitrogens with one attached hydrogen (secondary N) is 3. The van der Waals surface area contributed by atoms with Crippen LogP contribution in [-0.2, 0) is 22.6 Å². The number of nitrogens with two attached hydrogens (primary N) is 1. The molecule has 0 saturated heterocycles. The number of amides is 1. The third kappa shape index (κ3) is 6.53. The van der Waals surface area contributed by atoms with Crippen LogP contribution in [0.25, 0.3) is 0 Å². The molecule has 0 saturated carbocycles. The van der Waals surface area contributed by atoms with Crippen molar-refractivity contribution in [3.05, 3.63) is 41.0 Å². The molecule has 0 fully saturated rings. The maximum absolute atomic E-state index is 12.3. The number of nitrogen functional groups attached to an aromatic ring is 1. The van der Waals surface area contributed by atoms with E-state index in [0.29, 0.717) is 37.4 Å². The Morgan fingerprint density at radius 1 is 1.18 bits per heavy atom. The smallest absolute Gasteiger partial charge is 0.326 e. The van der Waals surface area contributed by atoms with Crippen molar-refractivity contribution in [1.82, 2.24) is 20.6 Å². The molecule has 1 aromatic heterocycles. The lowest BCUT2D eigenvalue weighted by molar-refractivity contribution is -0.140. The predicted octanol–water partition coefficient (Wildman–Crippen LogP) is 0.186. The molecule has 12 heteroatoms. The Bertz CT molecular complexity index is 1030. The van der Waals surface area contributed by atoms with E-state index in [4.69, 9.17) is 15.9 Å². The molecule has 1 aromatic carbocycles. The number of carboxylic acids is 2. The molecular formula is C21H26N6O6. The summed E-state index contributed by atoms with van der Waals surface area (Å²) in [6, 6.07) is 5.41. The van der Waals surface area contributed by atoms with Crippen molar-refractivity contribution in [3.8, 4) is 5.88 Å². The number of carboxylic acid groups (broad SMARTS) is 2. The lowest BCUT2D eigenvalue weighted by Gasteiger charge is -2.25. The number of hydrogen-bond acceptors (Lipinski definition) is 9. The predicted molar refractivity (Wildman–Crippen MR) is 118 cm³/mol. The van der Waals surface area contributed by atoms with Gasteiger partial charge in [0.15, 0.2) is 0 Å². The van der Waals surface area contributed by atoms with Crippen LogP contribution in [0.4, 0.5) is 11.8 Å². The second-order valence-corrected chi connectivity index (χ2v) is 7.81. The van der Waals surface area contributed by atoms with Crippen molar-refractivity contribution in [1.29, 1.82) is 0 Å². The van der Waals surface area contributed by atoms with Crippen molar-refractivity contribution in [2.45, 2.75) is 31.8 Å². The number of aromatic nitrogens is 2. The van der Waals surface area contributed by atoms with Crippen LogP contribution < -0.4 is 21.7 Å². The number of carbonyl (C=O) groups excluding carboxylic acids is 1. The molecule has 0 spiro atoms. The van der Waals surface area contributed by atoms with E-state index in [0.717, 1.165) is 5.56 Å². The van der Waals surface area contributed by atoms with Crippen molar-refractivity contribution in [2.75, 3.05) is 24.1 Å². The van der Waals surface area contributed by atoms with Gasteiger partial charge in [-0.05, 0) is 36.5 Å². The molecular weight excluding hydrogens is 432 g/mol. The Labute approximate surface area is 189 Å². The van der Waals surface area contributed by atoms with Crippen molar-refractivity contribution in [3.63, 3.8) is 0 Å². The van der Waals surface area contributed by atoms with E-state index < -0.39 is 23.9 Å². The number of hydrogen-bond donors (Lipinski definition) is 7. The first kappa shape index (κ1) is 23.7. The molecule has 1 aliphatic rings. The summed E-state index contributed by atoms with van der Waals surface area (Å²) < 4.78 is 0. The number of rotatable bonds is 10. The summed E-state index contributed by atoms with van der Waals surface area (Å²) in [6.07, 6.45) is 0.0496. The Hall–Kier alpha value is -3.93. The summed E-state index contributed by atoms with van der Waals surface area (Å²) in [5.74, 6) is -2.33. The average molecular weight is 458 g/mol. The number of nitrogens with zero attached hydrogens (tertiary/aromatic N) is 2. The molecule has 1 amide bonds. The Balaban J connectivity index is 1.48. The summed E-state index contributed by atoms with van der Waals surface area (Å²) in [5, 5.41) is 36.7. The quantitative estimate of drug-likeness (QED) is 0.256. The minimum absolute atomic E-state index is 0.0196. The van der Waals surface area contributed by atoms with E-state index in [1.165, 1.54) is 0 Å². The molecule has 2 aromatic rings. The molecule has 0 aliphatic carbocycles. The van der Waals surface area contributed by atoms with Crippen molar-refractivity contribution in [2.24, 2.45) is 5.92 Å². The lowest BCUT2D eigenvalue weighted by Crippen LogP contribution is -2.41. The van der Waals surface area contributed by atoms with Crippen LogP contribution in [0.1, 0.15) is 34.3 Å². The van der Waals surface area contributed by atoms with Gasteiger partial charge in [0.1, 0.15) is 11.9 Å². The van der Waals surface area contributed by atoms with Crippen molar-refractivity contribution >= 4 is 29.6 Å². The van der Waals surface area contributed by atoms with E-state index in [9.17, 15) is 19.5 Å². The second-order valence-electron chi connectivity index (χ2n) is 7.81. The molecule has 12 nitrogen and oxygen atoms in total. The summed E-state index contributed by atoms with van der Waals surface area (Å²) in [4.78, 5) is 42.1. The van der Waals surface area contributed by atoms with Gasteiger partial charge in [0, 0.05) is 31.6 Å². The van der Waals surface area contributed by atoms with Gasteiger partial charge < -0.3 is 37.0 Å². The van der Waals surface area contributed by atoms with Gasteiger partial charge in [0.25, 0.3) is 5.91 Å². The zero-order chi connectivity index (χ0) is 24.0. The average Bonchev–Trinajstić information content (AvgIpc) is 2.77. The third-order valence-corrected chi connectivity index (χ3v) is 5.28. The van der Waals surface area contributed by atoms with E-state index in [1.807, 2.05) is 0 Å². The second kappa shape index (κ2) is 10.6. The van der Waals surface area contributed by atoms with Crippen LogP contribution in [0.2, 0.25) is 0 Å². The van der Waals surface area contributed by atoms with E-state index in [1.54, 1.807) is 24.3 Å². The molecule has 0 radical (unpaired) electrons. The van der Waals surface area contributed by atoms with Crippen LogP contribution >= 0.6 is 0 Å². The molecule has 1 unspecified atom stereocenters. The van der Waals surface area contributed by atoms with Gasteiger partial charge in [0.05, 0.1) is 5.56 Å². The number of carbonyl (C=O) groups is 3. The van der Waals surface area contributed by atoms with E-state index in [2.05, 4.69) is 25.9 Å². The highest BCUT2D eigenvalue weighted by atomic mass is 16.4. The fourth-order valence-electron chi connectivity index (χ4n) is 3.53. The molecule has 8 N–H and O–H groups in total. The molecule has 3 rings (SSSR count). The zero-order valence-corrected chi connectivity index (χ0v) is 17.7. The lowest BCUT2D eigenvalue weighted by atomic mass is 9.96. The highest BCUT2D eigenvalue weighted by molar-refractivity contribution is 5.96. The fourth-order valence-corrected chi connectivity index (χ4v) is 3.53. The first-order valence-corrected chi connectivity index (χ1v) is 10.4. The number of aliphatic carboxylic acids is 2. The van der Waals surface area contributed by atoms with E-state index >= 15 is 0 Å². The molecule has 33 heavy (non-hydrogen) atoms. The van der Waals surface area contributed by atoms with Crippen molar-refractivity contribution < 1.29 is 29.7 Å². The molecule has 1 aliphatic heterocycles. The summed E-state index contributed by atoms with van der Waals surface area (Å²) >= 11 is 0. The largest absolute Gasteiger partial charge is 0.493 e. The molecule has 0 bridgehead atoms. The number of anilines is 2. The van der Waals surface area contributed by atoms with Crippen LogP contribution in [0.3, 0.4) is 0 Å². The highest BCUT2D eigenvalue weighted by Gasteiger charge is 2.24. The van der Waals surface area contributed by atoms with Crippen LogP contribution in [-0.4, -0.2) is 62.3 Å². The molecule has 2 atom stereocenters. The maximum atomic E-state index is 12.3. The number of benzene rings is 1. The monoisotopic (exact) mass is 458 g/mol. The summed E-state index contributed by atoms with van der Waals surface area (Å²) in [5.41, 5.74) is 7.39. The Morgan fingerprint density at radius 3 is 2.58 bits per heavy atom. The topological polar surface area (TPSA) is 200 Å². The Morgan fingerprint density at radius 2 is 1.91 bits per heavy atom. The van der Waals surface area contributed by atoms with Crippen LogP contribution in [0.15, 0.2) is 24.3 Å². The number of fused-ring (bicyclic) bond motifs is 1. The third-order valence-electron chi connectivity index (χ3n) is 5.28. The van der Waals surface area contributed by atoms with Gasteiger partial charge in [-0.3, -0.25) is 9.59 Å². The van der Waals surface area contributed by atoms with Gasteiger partial charge in [-0.25, -0.2) is 4.79 Å². The van der Waals surface area contributed by atoms with E-state index in [-0.39, 0.29) is 36.2 Å². The van der Waals surface area contributed by atoms with Crippen LogP contribution in [0.5, 0.6) is 5.88 Å². The summed E-state index contributed by atoms with van der Waals surface area (Å²) in [6.45, 7) is 1.88. The first-order valence-electron chi connectivity index (χ1n) is 10.4. The van der Waals surface area contributed by atoms with Gasteiger partial charge in [-0.15, -0.1) is 0 Å². The van der Waals surface area contributed by atoms with Crippen LogP contribution in [0, 0.1) is 5.92 Å². The molecule has 2 heterocycles. The fraction of sp³-hybridized carbons (Fsp3) is 0.381. The van der Waals surface area contributed by atoms with Gasteiger partial charge in [-0.2, -0.15) is 9.97 Å². The first-order chi connectivity index (χ1) is 15.7. The molecule has 176 valence electrons. The minimum atomic E-state index is -1.28. The SMILES string of the molecule is Nc1nc(O)c2c(n1)NCC(CNCc1ccc(C(=O)N[C@@H](CCC(=O)O)C(=O)O)cc1)C2. The maximum Gasteiger partial charge on any atom is 0.326 e. The summed E-state index contributed by atoms with van der Waals surface area (Å²) in [7, 11) is 0.